The molecule has 22 heavy (non-hydrogen) atoms. The van der Waals surface area contributed by atoms with Gasteiger partial charge in [0.2, 0.25) is 0 Å². The van der Waals surface area contributed by atoms with Gasteiger partial charge in [-0.05, 0) is 19.1 Å². The Bertz CT molecular complexity index is 651. The van der Waals surface area contributed by atoms with Crippen LogP contribution in [0.5, 0.6) is 0 Å². The molecule has 0 bridgehead atoms. The first-order valence-corrected chi connectivity index (χ1v) is 7.16. The Labute approximate surface area is 133 Å². The van der Waals surface area contributed by atoms with Crippen LogP contribution in [-0.2, 0) is 13.1 Å². The van der Waals surface area contributed by atoms with Crippen LogP contribution >= 0.6 is 11.6 Å². The highest BCUT2D eigenvalue weighted by molar-refractivity contribution is 6.31. The normalized spacial score (nSPS) is 11.6. The van der Waals surface area contributed by atoms with Crippen LogP contribution in [0.4, 0.5) is 4.39 Å². The van der Waals surface area contributed by atoms with Crippen LogP contribution < -0.4 is 5.32 Å². The summed E-state index contributed by atoms with van der Waals surface area (Å²) in [5.74, 6) is 0.977. The maximum absolute atomic E-state index is 13.8. The molecule has 0 aliphatic rings. The van der Waals surface area contributed by atoms with Crippen molar-refractivity contribution in [3.63, 3.8) is 0 Å². The molecule has 1 heterocycles. The Hall–Kier alpha value is -2.08. The quantitative estimate of drug-likeness (QED) is 0.694. The molecule has 5 nitrogen and oxygen atoms in total. The minimum atomic E-state index is -0.333. The zero-order valence-electron chi connectivity index (χ0n) is 12.7. The van der Waals surface area contributed by atoms with Crippen LogP contribution in [0, 0.1) is 12.7 Å². The smallest absolute Gasteiger partial charge is 0.194 e. The number of benzene rings is 1. The topological polar surface area (TPSA) is 53.7 Å². The summed E-state index contributed by atoms with van der Waals surface area (Å²) in [4.78, 5) is 5.95. The molecule has 0 fully saturated rings. The van der Waals surface area contributed by atoms with Crippen LogP contribution in [0.2, 0.25) is 5.02 Å². The number of nitrogens with one attached hydrogen (secondary N) is 1. The van der Waals surface area contributed by atoms with E-state index < -0.39 is 0 Å². The Morgan fingerprint density at radius 2 is 2.27 bits per heavy atom. The van der Waals surface area contributed by atoms with Crippen LogP contribution in [0.1, 0.15) is 17.0 Å². The Morgan fingerprint density at radius 1 is 1.50 bits per heavy atom. The van der Waals surface area contributed by atoms with E-state index in [0.717, 1.165) is 5.69 Å². The van der Waals surface area contributed by atoms with Crippen LogP contribution in [0.3, 0.4) is 0 Å². The highest BCUT2D eigenvalue weighted by atomic mass is 35.5. The van der Waals surface area contributed by atoms with Gasteiger partial charge in [-0.15, -0.1) is 0 Å². The molecule has 0 atom stereocenters. The number of aryl methyl sites for hydroxylation is 1. The second kappa shape index (κ2) is 7.26. The number of hydrogen-bond acceptors (Lipinski definition) is 3. The van der Waals surface area contributed by atoms with Gasteiger partial charge in [-0.1, -0.05) is 22.8 Å². The van der Waals surface area contributed by atoms with E-state index in [4.69, 9.17) is 16.1 Å². The summed E-state index contributed by atoms with van der Waals surface area (Å²) >= 11 is 6.05. The average molecular weight is 325 g/mol. The monoisotopic (exact) mass is 324 g/mol. The van der Waals surface area contributed by atoms with Gasteiger partial charge < -0.3 is 14.7 Å². The minimum absolute atomic E-state index is 0.306. The second-order valence-corrected chi connectivity index (χ2v) is 5.30. The summed E-state index contributed by atoms with van der Waals surface area (Å²) in [5.41, 5.74) is 1.25. The molecule has 1 N–H and O–H groups in total. The van der Waals surface area contributed by atoms with Crippen LogP contribution in [-0.4, -0.2) is 30.1 Å². The molecule has 2 aromatic rings. The third kappa shape index (κ3) is 3.98. The summed E-state index contributed by atoms with van der Waals surface area (Å²) in [6.45, 7) is 2.61. The predicted molar refractivity (Wildman–Crippen MR) is 84.3 cm³/mol. The van der Waals surface area contributed by atoms with E-state index in [0.29, 0.717) is 35.4 Å². The molecule has 1 aromatic carbocycles. The molecule has 0 aliphatic heterocycles. The predicted octanol–water partition coefficient (Wildman–Crippen LogP) is 2.98. The fraction of sp³-hybridized carbons (Fsp3) is 0.333. The van der Waals surface area contributed by atoms with E-state index >= 15 is 0 Å². The number of halogens is 2. The molecule has 2 rings (SSSR count). The third-order valence-electron chi connectivity index (χ3n) is 3.13. The van der Waals surface area contributed by atoms with Gasteiger partial charge in [0.15, 0.2) is 11.7 Å². The van der Waals surface area contributed by atoms with Gasteiger partial charge >= 0.3 is 0 Å². The molecular formula is C15H18ClFN4O. The van der Waals surface area contributed by atoms with Crippen molar-refractivity contribution in [3.05, 3.63) is 52.1 Å². The minimum Gasteiger partial charge on any atom is -0.359 e. The summed E-state index contributed by atoms with van der Waals surface area (Å²) in [6.07, 6.45) is 0. The largest absolute Gasteiger partial charge is 0.359 e. The first-order chi connectivity index (χ1) is 10.5. The molecule has 0 aliphatic carbocycles. The summed E-state index contributed by atoms with van der Waals surface area (Å²) in [7, 11) is 3.47. The molecular weight excluding hydrogens is 307 g/mol. The number of hydrogen-bond donors (Lipinski definition) is 1. The fourth-order valence-corrected chi connectivity index (χ4v) is 2.27. The molecule has 1 aromatic heterocycles. The fourth-order valence-electron chi connectivity index (χ4n) is 2.05. The summed E-state index contributed by atoms with van der Waals surface area (Å²) in [5, 5.41) is 7.35. The van der Waals surface area contributed by atoms with E-state index in [9.17, 15) is 4.39 Å². The van der Waals surface area contributed by atoms with E-state index in [1.54, 1.807) is 24.1 Å². The van der Waals surface area contributed by atoms with Gasteiger partial charge in [-0.25, -0.2) is 4.39 Å². The molecule has 7 heteroatoms. The maximum Gasteiger partial charge on any atom is 0.194 e. The summed E-state index contributed by atoms with van der Waals surface area (Å²) in [6, 6.07) is 6.48. The Kier molecular flexibility index (Phi) is 5.38. The lowest BCUT2D eigenvalue weighted by Crippen LogP contribution is -2.38. The molecule has 0 amide bonds. The second-order valence-electron chi connectivity index (χ2n) is 4.89. The van der Waals surface area contributed by atoms with Crippen molar-refractivity contribution < 1.29 is 8.91 Å². The van der Waals surface area contributed by atoms with Gasteiger partial charge in [-0.3, -0.25) is 4.99 Å². The number of guanidine groups is 1. The van der Waals surface area contributed by atoms with E-state index in [2.05, 4.69) is 15.5 Å². The summed E-state index contributed by atoms with van der Waals surface area (Å²) < 4.78 is 19.0. The number of nitrogens with zero attached hydrogens (tertiary/aromatic N) is 3. The first-order valence-electron chi connectivity index (χ1n) is 6.78. The van der Waals surface area contributed by atoms with Crippen molar-refractivity contribution in [2.45, 2.75) is 20.0 Å². The van der Waals surface area contributed by atoms with E-state index in [1.807, 2.05) is 20.0 Å². The maximum atomic E-state index is 13.8. The molecule has 118 valence electrons. The standard InChI is InChI=1S/C15H18ClFN4O/c1-10-7-11(22-20-10)8-19-15(18-2)21(3)9-12-13(16)5-4-6-14(12)17/h4-7H,8-9H2,1-3H3,(H,18,19). The number of aromatic nitrogens is 1. The van der Waals surface area contributed by atoms with E-state index in [-0.39, 0.29) is 5.82 Å². The SMILES string of the molecule is CN=C(NCc1cc(C)no1)N(C)Cc1c(F)cccc1Cl. The van der Waals surface area contributed by atoms with Crippen LogP contribution in [0.25, 0.3) is 0 Å². The van der Waals surface area contributed by atoms with E-state index in [1.165, 1.54) is 6.07 Å². The van der Waals surface area contributed by atoms with Crippen molar-refractivity contribution in [1.29, 1.82) is 0 Å². The lowest BCUT2D eigenvalue weighted by molar-refractivity contribution is 0.372. The highest BCUT2D eigenvalue weighted by Crippen LogP contribution is 2.20. The van der Waals surface area contributed by atoms with Gasteiger partial charge in [0.05, 0.1) is 12.2 Å². The van der Waals surface area contributed by atoms with Crippen molar-refractivity contribution in [2.24, 2.45) is 4.99 Å². The molecule has 0 spiro atoms. The molecule has 0 unspecified atom stereocenters. The zero-order valence-corrected chi connectivity index (χ0v) is 13.5. The number of rotatable bonds is 4. The van der Waals surface area contributed by atoms with Gasteiger partial charge in [0.25, 0.3) is 0 Å². The van der Waals surface area contributed by atoms with Gasteiger partial charge in [-0.2, -0.15) is 0 Å². The third-order valence-corrected chi connectivity index (χ3v) is 3.48. The Morgan fingerprint density at radius 3 is 2.86 bits per heavy atom. The van der Waals surface area contributed by atoms with Crippen molar-refractivity contribution in [2.75, 3.05) is 14.1 Å². The van der Waals surface area contributed by atoms with Gasteiger partial charge in [0.1, 0.15) is 5.82 Å². The van der Waals surface area contributed by atoms with Crippen molar-refractivity contribution in [3.8, 4) is 0 Å². The van der Waals surface area contributed by atoms with Gasteiger partial charge in [0, 0.05) is 37.3 Å². The molecule has 0 saturated heterocycles. The van der Waals surface area contributed by atoms with Crippen LogP contribution in [0.15, 0.2) is 33.8 Å². The Balaban J connectivity index is 2.01. The molecule has 0 radical (unpaired) electrons. The molecule has 0 saturated carbocycles. The average Bonchev–Trinajstić information content (AvgIpc) is 2.89. The highest BCUT2D eigenvalue weighted by Gasteiger charge is 2.13. The first kappa shape index (κ1) is 16.3. The number of aliphatic imine (C=N–C) groups is 1. The van der Waals surface area contributed by atoms with Crippen molar-refractivity contribution in [1.82, 2.24) is 15.4 Å². The lowest BCUT2D eigenvalue weighted by atomic mass is 10.2. The zero-order chi connectivity index (χ0) is 16.1. The lowest BCUT2D eigenvalue weighted by Gasteiger charge is -2.22. The van der Waals surface area contributed by atoms with Crippen molar-refractivity contribution >= 4 is 17.6 Å².